The maximum atomic E-state index is 5.78. The lowest BCUT2D eigenvalue weighted by Crippen LogP contribution is -1.83. The Morgan fingerprint density at radius 3 is 2.52 bits per heavy atom. The van der Waals surface area contributed by atoms with Gasteiger partial charge in [-0.3, -0.25) is 0 Å². The van der Waals surface area contributed by atoms with Gasteiger partial charge in [-0.2, -0.15) is 0 Å². The molecule has 0 saturated heterocycles. The van der Waals surface area contributed by atoms with Crippen molar-refractivity contribution in [3.8, 4) is 22.9 Å². The third-order valence-electron chi connectivity index (χ3n) is 4.01. The SMILES string of the molecule is c1ccc(-c2nnc(-c3cnc4onc(C5CC5)c4c3)o2)cc1. The second kappa shape index (κ2) is 4.74. The van der Waals surface area contributed by atoms with Gasteiger partial charge in [-0.05, 0) is 31.0 Å². The van der Waals surface area contributed by atoms with Crippen molar-refractivity contribution in [3.63, 3.8) is 0 Å². The van der Waals surface area contributed by atoms with Crippen LogP contribution in [-0.4, -0.2) is 20.3 Å². The molecule has 1 aliphatic carbocycles. The van der Waals surface area contributed by atoms with Crippen LogP contribution in [0.15, 0.2) is 51.5 Å². The van der Waals surface area contributed by atoms with E-state index in [9.17, 15) is 0 Å². The zero-order chi connectivity index (χ0) is 15.2. The smallest absolute Gasteiger partial charge is 0.257 e. The first-order chi connectivity index (χ1) is 11.4. The summed E-state index contributed by atoms with van der Waals surface area (Å²) in [4.78, 5) is 4.31. The summed E-state index contributed by atoms with van der Waals surface area (Å²) >= 11 is 0. The molecule has 4 aromatic rings. The van der Waals surface area contributed by atoms with Crippen molar-refractivity contribution in [3.05, 3.63) is 48.3 Å². The Morgan fingerprint density at radius 2 is 1.74 bits per heavy atom. The Bertz CT molecular complexity index is 986. The maximum absolute atomic E-state index is 5.78. The first-order valence-corrected chi connectivity index (χ1v) is 7.53. The van der Waals surface area contributed by atoms with Crippen LogP contribution in [0.1, 0.15) is 24.5 Å². The fourth-order valence-corrected chi connectivity index (χ4v) is 2.66. The van der Waals surface area contributed by atoms with Crippen LogP contribution in [0.4, 0.5) is 0 Å². The Labute approximate surface area is 131 Å². The van der Waals surface area contributed by atoms with Crippen LogP contribution >= 0.6 is 0 Å². The zero-order valence-corrected chi connectivity index (χ0v) is 12.1. The molecule has 0 atom stereocenters. The normalized spacial score (nSPS) is 14.4. The van der Waals surface area contributed by atoms with Crippen LogP contribution in [0.3, 0.4) is 0 Å². The number of nitrogens with zero attached hydrogens (tertiary/aromatic N) is 4. The molecule has 6 nitrogen and oxygen atoms in total. The predicted molar refractivity (Wildman–Crippen MR) is 82.5 cm³/mol. The van der Waals surface area contributed by atoms with Gasteiger partial charge < -0.3 is 8.94 Å². The van der Waals surface area contributed by atoms with Crippen LogP contribution in [0.5, 0.6) is 0 Å². The standard InChI is InChI=1S/C17H12N4O2/c1-2-4-11(5-3-1)15-19-20-16(22-15)12-8-13-14(10-6-7-10)21-23-17(13)18-9-12/h1-5,8-10H,6-7H2. The van der Waals surface area contributed by atoms with E-state index >= 15 is 0 Å². The molecule has 23 heavy (non-hydrogen) atoms. The largest absolute Gasteiger partial charge is 0.416 e. The lowest BCUT2D eigenvalue weighted by atomic mass is 10.1. The van der Waals surface area contributed by atoms with Gasteiger partial charge in [0.2, 0.25) is 11.8 Å². The molecule has 0 amide bonds. The first-order valence-electron chi connectivity index (χ1n) is 7.53. The third-order valence-corrected chi connectivity index (χ3v) is 4.01. The molecule has 0 unspecified atom stereocenters. The Balaban J connectivity index is 1.58. The number of fused-ring (bicyclic) bond motifs is 1. The lowest BCUT2D eigenvalue weighted by molar-refractivity contribution is 0.439. The van der Waals surface area contributed by atoms with E-state index in [1.165, 1.54) is 0 Å². The second-order valence-corrected chi connectivity index (χ2v) is 5.70. The van der Waals surface area contributed by atoms with Crippen LogP contribution in [-0.2, 0) is 0 Å². The van der Waals surface area contributed by atoms with Crippen molar-refractivity contribution in [1.29, 1.82) is 0 Å². The minimum absolute atomic E-state index is 0.446. The van der Waals surface area contributed by atoms with E-state index < -0.39 is 0 Å². The summed E-state index contributed by atoms with van der Waals surface area (Å²) in [6, 6.07) is 11.7. The van der Waals surface area contributed by atoms with Gasteiger partial charge in [0.1, 0.15) is 0 Å². The molecule has 0 spiro atoms. The van der Waals surface area contributed by atoms with Crippen molar-refractivity contribution < 1.29 is 8.94 Å². The van der Waals surface area contributed by atoms with E-state index in [1.807, 2.05) is 36.4 Å². The Kier molecular flexibility index (Phi) is 2.58. The number of aromatic nitrogens is 4. The summed E-state index contributed by atoms with van der Waals surface area (Å²) in [7, 11) is 0. The van der Waals surface area contributed by atoms with E-state index in [1.54, 1.807) is 6.20 Å². The maximum Gasteiger partial charge on any atom is 0.257 e. The van der Waals surface area contributed by atoms with Crippen molar-refractivity contribution >= 4 is 11.1 Å². The first kappa shape index (κ1) is 12.5. The summed E-state index contributed by atoms with van der Waals surface area (Å²) in [5.41, 5.74) is 3.21. The topological polar surface area (TPSA) is 77.8 Å². The average Bonchev–Trinajstić information content (AvgIpc) is 3.17. The Hall–Kier alpha value is -3.02. The minimum atomic E-state index is 0.446. The number of hydrogen-bond acceptors (Lipinski definition) is 6. The zero-order valence-electron chi connectivity index (χ0n) is 12.1. The second-order valence-electron chi connectivity index (χ2n) is 5.70. The van der Waals surface area contributed by atoms with Gasteiger partial charge in [-0.25, -0.2) is 4.98 Å². The molecule has 1 aliphatic rings. The summed E-state index contributed by atoms with van der Waals surface area (Å²) in [5.74, 6) is 1.44. The highest BCUT2D eigenvalue weighted by atomic mass is 16.5. The summed E-state index contributed by atoms with van der Waals surface area (Å²) in [5, 5.41) is 13.3. The summed E-state index contributed by atoms with van der Waals surface area (Å²) < 4.78 is 11.1. The molecule has 1 saturated carbocycles. The van der Waals surface area contributed by atoms with E-state index in [-0.39, 0.29) is 0 Å². The molecule has 112 valence electrons. The van der Waals surface area contributed by atoms with Gasteiger partial charge in [-0.1, -0.05) is 23.4 Å². The molecule has 1 aromatic carbocycles. The fourth-order valence-electron chi connectivity index (χ4n) is 2.66. The monoisotopic (exact) mass is 304 g/mol. The van der Waals surface area contributed by atoms with Crippen molar-refractivity contribution in [2.24, 2.45) is 0 Å². The highest BCUT2D eigenvalue weighted by Gasteiger charge is 2.29. The number of benzene rings is 1. The molecule has 0 radical (unpaired) electrons. The van der Waals surface area contributed by atoms with Gasteiger partial charge >= 0.3 is 0 Å². The molecule has 1 fully saturated rings. The van der Waals surface area contributed by atoms with Crippen LogP contribution in [0.2, 0.25) is 0 Å². The van der Waals surface area contributed by atoms with Gasteiger partial charge in [0.05, 0.1) is 16.6 Å². The van der Waals surface area contributed by atoms with Gasteiger partial charge in [-0.15, -0.1) is 10.2 Å². The lowest BCUT2D eigenvalue weighted by Gasteiger charge is -1.95. The number of pyridine rings is 1. The summed E-state index contributed by atoms with van der Waals surface area (Å²) in [6.07, 6.45) is 3.99. The van der Waals surface area contributed by atoms with Gasteiger partial charge in [0, 0.05) is 17.7 Å². The third kappa shape index (κ3) is 2.11. The van der Waals surface area contributed by atoms with Crippen LogP contribution in [0, 0.1) is 0 Å². The summed E-state index contributed by atoms with van der Waals surface area (Å²) in [6.45, 7) is 0. The highest BCUT2D eigenvalue weighted by Crippen LogP contribution is 2.42. The van der Waals surface area contributed by atoms with E-state index in [2.05, 4.69) is 20.3 Å². The minimum Gasteiger partial charge on any atom is -0.416 e. The van der Waals surface area contributed by atoms with Crippen LogP contribution < -0.4 is 0 Å². The molecule has 3 aromatic heterocycles. The number of hydrogen-bond donors (Lipinski definition) is 0. The molecule has 3 heterocycles. The molecule has 5 rings (SSSR count). The molecule has 0 aliphatic heterocycles. The van der Waals surface area contributed by atoms with E-state index in [0.717, 1.165) is 35.0 Å². The number of rotatable bonds is 3. The van der Waals surface area contributed by atoms with Crippen molar-refractivity contribution in [2.75, 3.05) is 0 Å². The quantitative estimate of drug-likeness (QED) is 0.572. The van der Waals surface area contributed by atoms with Crippen molar-refractivity contribution in [1.82, 2.24) is 20.3 Å². The van der Waals surface area contributed by atoms with E-state index in [0.29, 0.717) is 23.4 Å². The highest BCUT2D eigenvalue weighted by molar-refractivity contribution is 5.81. The predicted octanol–water partition coefficient (Wildman–Crippen LogP) is 3.82. The molecular formula is C17H12N4O2. The molecule has 0 bridgehead atoms. The fraction of sp³-hybridized carbons (Fsp3) is 0.176. The van der Waals surface area contributed by atoms with Gasteiger partial charge in [0.25, 0.3) is 5.71 Å². The molecule has 0 N–H and O–H groups in total. The molecular weight excluding hydrogens is 292 g/mol. The van der Waals surface area contributed by atoms with Crippen molar-refractivity contribution in [2.45, 2.75) is 18.8 Å². The van der Waals surface area contributed by atoms with Gasteiger partial charge in [0.15, 0.2) is 0 Å². The van der Waals surface area contributed by atoms with E-state index in [4.69, 9.17) is 8.94 Å². The Morgan fingerprint density at radius 1 is 0.957 bits per heavy atom. The van der Waals surface area contributed by atoms with Crippen LogP contribution in [0.25, 0.3) is 34.0 Å². The molecule has 6 heteroatoms. The average molecular weight is 304 g/mol.